The van der Waals surface area contributed by atoms with Gasteiger partial charge in [0.25, 0.3) is 0 Å². The SMILES string of the molecule is CCCCCC([NH-])=O.[Cl][Ti][Cl].[c-]1cccc2c1Cc1ccccc1-2.c1ccc([SiH]c2ccccc2)cc1. The zero-order chi connectivity index (χ0) is 26.7. The first-order chi connectivity index (χ1) is 18.1. The van der Waals surface area contributed by atoms with Crippen LogP contribution in [0.25, 0.3) is 16.9 Å². The largest absolute Gasteiger partial charge is 0.179 e. The van der Waals surface area contributed by atoms with Gasteiger partial charge in [0.05, 0.1) is 0 Å². The fourth-order valence-electron chi connectivity index (χ4n) is 3.82. The number of hydrogen-bond donors (Lipinski definition) is 0. The number of carbonyl (C=O) groups excluding carboxylic acids is 1. The molecule has 191 valence electrons. The Bertz CT molecular complexity index is 1090. The van der Waals surface area contributed by atoms with Crippen LogP contribution in [0.2, 0.25) is 0 Å². The van der Waals surface area contributed by atoms with Gasteiger partial charge in [-0.05, 0) is 19.3 Å². The van der Waals surface area contributed by atoms with Crippen LogP contribution in [0.3, 0.4) is 0 Å². The molecule has 0 bridgehead atoms. The smallest absolute Gasteiger partial charge is 0.103 e. The Kier molecular flexibility index (Phi) is 16.0. The first-order valence-corrected chi connectivity index (χ1v) is 17.8. The van der Waals surface area contributed by atoms with E-state index in [0.717, 1.165) is 25.7 Å². The number of nitrogens with one attached hydrogen (secondary N) is 1. The number of halogens is 2. The number of benzene rings is 4. The van der Waals surface area contributed by atoms with Gasteiger partial charge in [0, 0.05) is 5.91 Å². The van der Waals surface area contributed by atoms with E-state index in [1.165, 1.54) is 32.6 Å². The van der Waals surface area contributed by atoms with E-state index in [1.54, 1.807) is 0 Å². The van der Waals surface area contributed by atoms with Crippen molar-refractivity contribution >= 4 is 44.4 Å². The molecule has 1 amide bonds. The molecule has 4 aromatic carbocycles. The third-order valence-corrected chi connectivity index (χ3v) is 6.99. The van der Waals surface area contributed by atoms with Crippen LogP contribution < -0.4 is 10.4 Å². The van der Waals surface area contributed by atoms with Crippen molar-refractivity contribution in [2.45, 2.75) is 39.0 Å². The summed E-state index contributed by atoms with van der Waals surface area (Å²) in [5.74, 6) is -0.432. The molecule has 0 atom stereocenters. The predicted molar refractivity (Wildman–Crippen MR) is 158 cm³/mol. The summed E-state index contributed by atoms with van der Waals surface area (Å²) < 4.78 is 0. The summed E-state index contributed by atoms with van der Waals surface area (Å²) in [5, 5.41) is 2.90. The monoisotopic (exact) mass is 580 g/mol. The van der Waals surface area contributed by atoms with Gasteiger partial charge in [0.15, 0.2) is 0 Å². The summed E-state index contributed by atoms with van der Waals surface area (Å²) in [6.45, 7) is 2.08. The standard InChI is InChI=1S/C13H9.C12H11Si.C6H13NO.2ClH.Ti/c1-3-7-12-10(5-1)9-11-6-2-4-8-13(11)12;1-3-7-11(8-4-1)13-12-9-5-2-6-10-12;1-2-3-4-5-6(7)8;;;/h1-5,7-8H,9H2;1-10,13H;2-5H2,1H3,(H2,7,8);2*1H;/q-1;;;;;+2/p-3. The average Bonchev–Trinajstić information content (AvgIpc) is 3.30. The van der Waals surface area contributed by atoms with Gasteiger partial charge in [-0.25, -0.2) is 0 Å². The molecule has 2 nitrogen and oxygen atoms in total. The van der Waals surface area contributed by atoms with Gasteiger partial charge in [-0.2, -0.15) is 29.8 Å². The maximum atomic E-state index is 9.99. The van der Waals surface area contributed by atoms with E-state index in [4.69, 9.17) is 24.3 Å². The zero-order valence-electron chi connectivity index (χ0n) is 21.1. The van der Waals surface area contributed by atoms with Crippen LogP contribution in [0.5, 0.6) is 0 Å². The Balaban J connectivity index is 0.000000191. The Labute approximate surface area is 241 Å². The second-order valence-electron chi connectivity index (χ2n) is 8.31. The van der Waals surface area contributed by atoms with Gasteiger partial charge >= 0.3 is 35.6 Å². The van der Waals surface area contributed by atoms with Crippen molar-refractivity contribution in [3.8, 4) is 11.1 Å². The van der Waals surface area contributed by atoms with Crippen LogP contribution in [0.15, 0.2) is 103 Å². The molecule has 0 spiro atoms. The summed E-state index contributed by atoms with van der Waals surface area (Å²) in [7, 11) is 10.0. The Morgan fingerprint density at radius 1 is 0.838 bits per heavy atom. The number of unbranched alkanes of at least 4 members (excludes halogenated alkanes) is 2. The number of amides is 1. The van der Waals surface area contributed by atoms with Gasteiger partial charge in [-0.3, -0.25) is 0 Å². The number of rotatable bonds is 6. The molecule has 6 heteroatoms. The molecule has 1 N–H and O–H groups in total. The van der Waals surface area contributed by atoms with Gasteiger partial charge in [0.1, 0.15) is 9.52 Å². The predicted octanol–water partition coefficient (Wildman–Crippen LogP) is 7.65. The van der Waals surface area contributed by atoms with Crippen LogP contribution in [0.4, 0.5) is 0 Å². The minimum absolute atomic E-state index is 0.271. The first-order valence-electron chi connectivity index (χ1n) is 12.3. The quantitative estimate of drug-likeness (QED) is 0.115. The summed E-state index contributed by atoms with van der Waals surface area (Å²) >= 11 is -0.556. The van der Waals surface area contributed by atoms with E-state index in [1.807, 2.05) is 6.07 Å². The van der Waals surface area contributed by atoms with Crippen molar-refractivity contribution in [2.75, 3.05) is 0 Å². The summed E-state index contributed by atoms with van der Waals surface area (Å²) in [5.41, 5.74) is 12.0. The van der Waals surface area contributed by atoms with E-state index < -0.39 is 22.9 Å². The zero-order valence-corrected chi connectivity index (χ0v) is 25.3. The van der Waals surface area contributed by atoms with E-state index in [2.05, 4.69) is 110 Å². The molecule has 5 rings (SSSR count). The molecule has 0 aromatic heterocycles. The minimum atomic E-state index is -0.556. The maximum absolute atomic E-state index is 9.99. The summed E-state index contributed by atoms with van der Waals surface area (Å²) in [6, 6.07) is 39.4. The molecule has 0 heterocycles. The number of carbonyl (C=O) groups is 1. The molecule has 1 aliphatic carbocycles. The van der Waals surface area contributed by atoms with Crippen molar-refractivity contribution in [1.82, 2.24) is 0 Å². The number of hydrogen-bond acceptors (Lipinski definition) is 1. The van der Waals surface area contributed by atoms with E-state index in [9.17, 15) is 4.79 Å². The van der Waals surface area contributed by atoms with Crippen molar-refractivity contribution < 1.29 is 21.8 Å². The molecule has 1 aliphatic rings. The van der Waals surface area contributed by atoms with Gasteiger partial charge in [-0.15, -0.1) is 5.56 Å². The van der Waals surface area contributed by atoms with Crippen LogP contribution in [-0.4, -0.2) is 15.4 Å². The van der Waals surface area contributed by atoms with Crippen molar-refractivity contribution in [2.24, 2.45) is 0 Å². The van der Waals surface area contributed by atoms with E-state index >= 15 is 0 Å². The van der Waals surface area contributed by atoms with Crippen LogP contribution in [0, 0.1) is 6.07 Å². The third-order valence-electron chi connectivity index (χ3n) is 5.56. The van der Waals surface area contributed by atoms with Crippen LogP contribution in [-0.2, 0) is 28.2 Å². The second-order valence-corrected chi connectivity index (χ2v) is 12.5. The molecular weight excluding hydrogens is 549 g/mol. The van der Waals surface area contributed by atoms with Crippen LogP contribution >= 0.6 is 18.6 Å². The molecule has 0 aliphatic heterocycles. The van der Waals surface area contributed by atoms with Crippen LogP contribution in [0.1, 0.15) is 43.7 Å². The summed E-state index contributed by atoms with van der Waals surface area (Å²) in [6.07, 6.45) is 4.57. The molecule has 0 unspecified atom stereocenters. The molecule has 0 saturated heterocycles. The van der Waals surface area contributed by atoms with E-state index in [-0.39, 0.29) is 9.52 Å². The second kappa shape index (κ2) is 19.0. The molecule has 0 saturated carbocycles. The Morgan fingerprint density at radius 3 is 1.95 bits per heavy atom. The Morgan fingerprint density at radius 2 is 1.38 bits per heavy atom. The minimum Gasteiger partial charge on any atom is -0.179 e. The molecule has 1 radical (unpaired) electrons. The first kappa shape index (κ1) is 31.1. The van der Waals surface area contributed by atoms with Gasteiger partial charge in [-0.1, -0.05) is 126 Å². The van der Waals surface area contributed by atoms with Crippen molar-refractivity contribution in [3.63, 3.8) is 0 Å². The average molecular weight is 581 g/mol. The molecule has 0 fully saturated rings. The topological polar surface area (TPSA) is 40.9 Å². The van der Waals surface area contributed by atoms with Crippen molar-refractivity contribution in [3.05, 3.63) is 126 Å². The Hall–Kier alpha value is -2.14. The molecular formula is C31H32Cl2NOSiTi-2. The fourth-order valence-corrected chi connectivity index (χ4v) is 5.04. The maximum Gasteiger partial charge on any atom is 0.103 e. The molecule has 37 heavy (non-hydrogen) atoms. The van der Waals surface area contributed by atoms with E-state index in [0.29, 0.717) is 6.42 Å². The van der Waals surface area contributed by atoms with Gasteiger partial charge < -0.3 is 10.5 Å². The van der Waals surface area contributed by atoms with Gasteiger partial charge in [0.2, 0.25) is 0 Å². The number of fused-ring (bicyclic) bond motifs is 3. The van der Waals surface area contributed by atoms with Crippen molar-refractivity contribution in [1.29, 1.82) is 0 Å². The third kappa shape index (κ3) is 12.3. The molecule has 4 aromatic rings. The fraction of sp³-hybridized carbons (Fsp3) is 0.194. The summed E-state index contributed by atoms with van der Waals surface area (Å²) in [4.78, 5) is 9.99. The normalized spacial score (nSPS) is 10.1.